The van der Waals surface area contributed by atoms with Crippen molar-refractivity contribution in [3.8, 4) is 17.4 Å². The van der Waals surface area contributed by atoms with Gasteiger partial charge in [0.2, 0.25) is 5.88 Å². The van der Waals surface area contributed by atoms with E-state index < -0.39 is 5.91 Å². The quantitative estimate of drug-likeness (QED) is 0.223. The SMILES string of the molecule is O=C(NCC1CCOCC1)c1cc(Cl)cc(Br)c1NC(=O)c1cc(Oc2ccsc2)nn1-c1ncccc1Cl. The number of halogens is 3. The van der Waals surface area contributed by atoms with Crippen LogP contribution < -0.4 is 15.4 Å². The van der Waals surface area contributed by atoms with Gasteiger partial charge in [0.05, 0.1) is 16.3 Å². The Labute approximate surface area is 246 Å². The van der Waals surface area contributed by atoms with Crippen molar-refractivity contribution in [2.45, 2.75) is 12.8 Å². The highest BCUT2D eigenvalue weighted by Gasteiger charge is 2.24. The van der Waals surface area contributed by atoms with Gasteiger partial charge in [0.1, 0.15) is 11.4 Å². The van der Waals surface area contributed by atoms with E-state index in [9.17, 15) is 9.59 Å². The van der Waals surface area contributed by atoms with Crippen LogP contribution in [0.1, 0.15) is 33.7 Å². The van der Waals surface area contributed by atoms with Crippen molar-refractivity contribution in [1.82, 2.24) is 20.1 Å². The molecule has 5 rings (SSSR count). The van der Waals surface area contributed by atoms with Gasteiger partial charge >= 0.3 is 0 Å². The van der Waals surface area contributed by atoms with Crippen LogP contribution in [0.4, 0.5) is 5.69 Å². The molecule has 0 unspecified atom stereocenters. The minimum absolute atomic E-state index is 0.0937. The second-order valence-corrected chi connectivity index (χ2v) is 11.2. The van der Waals surface area contributed by atoms with Crippen molar-refractivity contribution in [2.24, 2.45) is 5.92 Å². The molecule has 0 saturated carbocycles. The first kappa shape index (κ1) is 27.6. The van der Waals surface area contributed by atoms with Crippen LogP contribution >= 0.6 is 50.5 Å². The molecule has 4 heterocycles. The van der Waals surface area contributed by atoms with E-state index >= 15 is 0 Å². The van der Waals surface area contributed by atoms with E-state index in [0.29, 0.717) is 40.9 Å². The summed E-state index contributed by atoms with van der Waals surface area (Å²) in [6.45, 7) is 1.85. The molecule has 0 bridgehead atoms. The van der Waals surface area contributed by atoms with Gasteiger partial charge in [0, 0.05) is 46.9 Å². The number of carbonyl (C=O) groups excluding carboxylic acids is 2. The second-order valence-electron chi connectivity index (χ2n) is 8.68. The van der Waals surface area contributed by atoms with Crippen LogP contribution in [0.2, 0.25) is 10.0 Å². The number of anilines is 1. The number of nitrogens with one attached hydrogen (secondary N) is 2. The highest BCUT2D eigenvalue weighted by atomic mass is 79.9. The number of thiophene rings is 1. The standard InChI is InChI=1S/C26H22BrCl2N5O4S/c27-19-11-16(28)10-18(25(35)31-13-15-3-7-37-8-4-15)23(19)32-26(36)21-12-22(38-17-5-9-39-14-17)33-34(21)24-20(29)2-1-6-30-24/h1-2,5-6,9-12,14-15H,3-4,7-8,13H2,(H,31,35)(H,32,36). The van der Waals surface area contributed by atoms with Crippen LogP contribution in [0.3, 0.4) is 0 Å². The second kappa shape index (κ2) is 12.5. The molecule has 0 aliphatic carbocycles. The molecule has 1 aromatic carbocycles. The van der Waals surface area contributed by atoms with Crippen molar-refractivity contribution in [3.05, 3.63) is 79.1 Å². The normalized spacial score (nSPS) is 13.7. The van der Waals surface area contributed by atoms with Crippen LogP contribution in [0, 0.1) is 5.92 Å². The zero-order valence-corrected chi connectivity index (χ0v) is 24.2. The van der Waals surface area contributed by atoms with Crippen LogP contribution in [-0.4, -0.2) is 46.3 Å². The van der Waals surface area contributed by atoms with Gasteiger partial charge < -0.3 is 20.1 Å². The van der Waals surface area contributed by atoms with E-state index in [-0.39, 0.29) is 39.6 Å². The predicted molar refractivity (Wildman–Crippen MR) is 154 cm³/mol. The molecule has 1 aliphatic heterocycles. The zero-order valence-electron chi connectivity index (χ0n) is 20.3. The maximum atomic E-state index is 13.7. The molecular weight excluding hydrogens is 629 g/mol. The van der Waals surface area contributed by atoms with Crippen molar-refractivity contribution in [3.63, 3.8) is 0 Å². The lowest BCUT2D eigenvalue weighted by atomic mass is 10.0. The van der Waals surface area contributed by atoms with Crippen LogP contribution in [0.15, 0.2) is 57.8 Å². The molecule has 4 aromatic rings. The Balaban J connectivity index is 1.44. The molecule has 2 N–H and O–H groups in total. The molecule has 0 radical (unpaired) electrons. The molecule has 1 saturated heterocycles. The van der Waals surface area contributed by atoms with E-state index in [2.05, 4.69) is 36.6 Å². The fourth-order valence-corrected chi connectivity index (χ4v) is 5.70. The number of pyridine rings is 1. The first-order valence-electron chi connectivity index (χ1n) is 12.0. The number of hydrogen-bond donors (Lipinski definition) is 2. The van der Waals surface area contributed by atoms with E-state index in [1.54, 1.807) is 30.5 Å². The number of rotatable bonds is 8. The first-order chi connectivity index (χ1) is 18.9. The molecule has 9 nitrogen and oxygen atoms in total. The minimum atomic E-state index is -0.564. The molecule has 3 aromatic heterocycles. The molecule has 0 spiro atoms. The minimum Gasteiger partial charge on any atom is -0.437 e. The molecule has 2 amide bonds. The van der Waals surface area contributed by atoms with Gasteiger partial charge in [0.15, 0.2) is 5.82 Å². The Bertz CT molecular complexity index is 1490. The van der Waals surface area contributed by atoms with Gasteiger partial charge in [-0.05, 0) is 70.4 Å². The number of hydrogen-bond acceptors (Lipinski definition) is 7. The number of carbonyl (C=O) groups is 2. The highest BCUT2D eigenvalue weighted by molar-refractivity contribution is 9.10. The van der Waals surface area contributed by atoms with E-state index in [1.165, 1.54) is 28.2 Å². The van der Waals surface area contributed by atoms with Gasteiger partial charge in [-0.15, -0.1) is 16.4 Å². The highest BCUT2D eigenvalue weighted by Crippen LogP contribution is 2.32. The Kier molecular flexibility index (Phi) is 8.83. The van der Waals surface area contributed by atoms with E-state index in [4.69, 9.17) is 32.7 Å². The predicted octanol–water partition coefficient (Wildman–Crippen LogP) is 6.60. The summed E-state index contributed by atoms with van der Waals surface area (Å²) in [7, 11) is 0. The van der Waals surface area contributed by atoms with Crippen LogP contribution in [0.5, 0.6) is 11.6 Å². The lowest BCUT2D eigenvalue weighted by Gasteiger charge is -2.22. The largest absolute Gasteiger partial charge is 0.437 e. The van der Waals surface area contributed by atoms with Crippen molar-refractivity contribution in [1.29, 1.82) is 0 Å². The third-order valence-corrected chi connectivity index (χ3v) is 7.81. The number of aromatic nitrogens is 3. The van der Waals surface area contributed by atoms with Crippen LogP contribution in [-0.2, 0) is 4.74 Å². The Hall–Kier alpha value is -2.96. The van der Waals surface area contributed by atoms with Gasteiger partial charge in [0.25, 0.3) is 11.8 Å². The van der Waals surface area contributed by atoms with E-state index in [1.807, 2.05) is 10.8 Å². The lowest BCUT2D eigenvalue weighted by Crippen LogP contribution is -2.33. The summed E-state index contributed by atoms with van der Waals surface area (Å²) in [5.74, 6) is 0.391. The number of nitrogens with zero attached hydrogens (tertiary/aromatic N) is 3. The Morgan fingerprint density at radius 3 is 2.74 bits per heavy atom. The molecule has 202 valence electrons. The Morgan fingerprint density at radius 2 is 2.00 bits per heavy atom. The monoisotopic (exact) mass is 649 g/mol. The fraction of sp³-hybridized carbons (Fsp3) is 0.231. The third-order valence-electron chi connectivity index (χ3n) is 6.01. The smallest absolute Gasteiger partial charge is 0.274 e. The summed E-state index contributed by atoms with van der Waals surface area (Å²) < 4.78 is 13.0. The summed E-state index contributed by atoms with van der Waals surface area (Å²) >= 11 is 17.6. The van der Waals surface area contributed by atoms with Gasteiger partial charge in [-0.3, -0.25) is 9.59 Å². The summed E-state index contributed by atoms with van der Waals surface area (Å²) in [4.78, 5) is 31.2. The van der Waals surface area contributed by atoms with Gasteiger partial charge in [-0.25, -0.2) is 9.67 Å². The molecule has 13 heteroatoms. The molecule has 39 heavy (non-hydrogen) atoms. The van der Waals surface area contributed by atoms with Gasteiger partial charge in [-0.2, -0.15) is 0 Å². The number of benzene rings is 1. The topological polar surface area (TPSA) is 107 Å². The van der Waals surface area contributed by atoms with E-state index in [0.717, 1.165) is 12.8 Å². The third kappa shape index (κ3) is 6.62. The first-order valence-corrected chi connectivity index (χ1v) is 14.5. The summed E-state index contributed by atoms with van der Waals surface area (Å²) in [6, 6.07) is 9.70. The average Bonchev–Trinajstić information content (AvgIpc) is 3.60. The summed E-state index contributed by atoms with van der Waals surface area (Å²) in [5.41, 5.74) is 0.566. The lowest BCUT2D eigenvalue weighted by molar-refractivity contribution is 0.0643. The maximum absolute atomic E-state index is 13.7. The molecule has 1 aliphatic rings. The van der Waals surface area contributed by atoms with Gasteiger partial charge in [-0.1, -0.05) is 23.2 Å². The molecular formula is C26H22BrCl2N5O4S. The van der Waals surface area contributed by atoms with Crippen LogP contribution in [0.25, 0.3) is 5.82 Å². The summed E-state index contributed by atoms with van der Waals surface area (Å²) in [6.07, 6.45) is 3.29. The maximum Gasteiger partial charge on any atom is 0.274 e. The van der Waals surface area contributed by atoms with Crippen molar-refractivity contribution >= 4 is 68.0 Å². The average molecular weight is 651 g/mol. The zero-order chi connectivity index (χ0) is 27.4. The fourth-order valence-electron chi connectivity index (χ4n) is 4.04. The van der Waals surface area contributed by atoms with Crippen molar-refractivity contribution < 1.29 is 19.1 Å². The Morgan fingerprint density at radius 1 is 1.18 bits per heavy atom. The summed E-state index contributed by atoms with van der Waals surface area (Å²) in [5, 5.41) is 14.5. The van der Waals surface area contributed by atoms with Crippen molar-refractivity contribution in [2.75, 3.05) is 25.1 Å². The molecule has 0 atom stereocenters. The molecule has 1 fully saturated rings. The number of amides is 2. The number of ether oxygens (including phenoxy) is 2.